The summed E-state index contributed by atoms with van der Waals surface area (Å²) in [5, 5.41) is 13.2. The number of halogens is 1. The van der Waals surface area contributed by atoms with Gasteiger partial charge in [0.2, 0.25) is 11.9 Å². The van der Waals surface area contributed by atoms with Gasteiger partial charge < -0.3 is 8.83 Å². The Balaban J connectivity index is 1.51. The third-order valence-electron chi connectivity index (χ3n) is 7.52. The van der Waals surface area contributed by atoms with E-state index in [1.165, 1.54) is 4.57 Å². The van der Waals surface area contributed by atoms with E-state index < -0.39 is 31.0 Å². The topological polar surface area (TPSA) is 54.0 Å². The minimum Gasteiger partial charge on any atom is -0.456 e. The van der Waals surface area contributed by atoms with Gasteiger partial charge in [-0.15, -0.1) is 0 Å². The number of nitrogens with zero attached hydrogens (tertiary/aromatic N) is 2. The fourth-order valence-corrected chi connectivity index (χ4v) is 5.59. The molecule has 4 aromatic carbocycles. The molecule has 194 valence electrons. The van der Waals surface area contributed by atoms with E-state index in [1.54, 1.807) is 26.1 Å². The van der Waals surface area contributed by atoms with E-state index in [9.17, 15) is 5.26 Å². The maximum absolute atomic E-state index is 15.5. The summed E-state index contributed by atoms with van der Waals surface area (Å²) in [5.41, 5.74) is 4.65. The number of para-hydroxylation sites is 1. The van der Waals surface area contributed by atoms with Crippen LogP contribution in [0.5, 0.6) is 0 Å². The van der Waals surface area contributed by atoms with Crippen molar-refractivity contribution in [1.29, 1.82) is 5.26 Å². The van der Waals surface area contributed by atoms with Crippen LogP contribution < -0.4 is 4.57 Å². The van der Waals surface area contributed by atoms with Crippen LogP contribution in [0.1, 0.15) is 45.9 Å². The van der Waals surface area contributed by atoms with Crippen molar-refractivity contribution in [3.05, 3.63) is 102 Å². The Morgan fingerprint density at radius 2 is 1.70 bits per heavy atom. The van der Waals surface area contributed by atoms with Crippen LogP contribution in [0.15, 0.2) is 87.8 Å². The SMILES string of the molecule is [2H]C([2H])([2H])C([2H])(c1cc(-c2c(C)ccc3c2oc2c(-c4ccc5c(c4)oc4ccccc45)cc(C#N)cc23)[n+](C)cc1F)C([2H])([2H])[2H]. The average Bonchev–Trinajstić information content (AvgIpc) is 3.57. The zero-order valence-corrected chi connectivity index (χ0v) is 21.6. The van der Waals surface area contributed by atoms with Crippen molar-refractivity contribution in [1.82, 2.24) is 0 Å². The van der Waals surface area contributed by atoms with E-state index in [0.29, 0.717) is 49.8 Å². The number of fused-ring (bicyclic) bond motifs is 6. The summed E-state index contributed by atoms with van der Waals surface area (Å²) in [4.78, 5) is 0. The van der Waals surface area contributed by atoms with Crippen molar-refractivity contribution in [2.75, 3.05) is 0 Å². The van der Waals surface area contributed by atoms with Crippen LogP contribution in [-0.2, 0) is 7.05 Å². The van der Waals surface area contributed by atoms with Crippen molar-refractivity contribution in [3.63, 3.8) is 0 Å². The zero-order valence-electron chi connectivity index (χ0n) is 28.6. The molecule has 0 aliphatic heterocycles. The molecule has 3 aromatic heterocycles. The second kappa shape index (κ2) is 8.79. The van der Waals surface area contributed by atoms with E-state index >= 15 is 4.39 Å². The summed E-state index contributed by atoms with van der Waals surface area (Å²) in [6.07, 6.45) is 0.980. The maximum atomic E-state index is 15.5. The van der Waals surface area contributed by atoms with E-state index in [1.807, 2.05) is 54.6 Å². The third kappa shape index (κ3) is 3.53. The monoisotopic (exact) mass is 532 g/mol. The van der Waals surface area contributed by atoms with Crippen molar-refractivity contribution in [3.8, 4) is 28.5 Å². The Morgan fingerprint density at radius 1 is 0.900 bits per heavy atom. The van der Waals surface area contributed by atoms with Crippen LogP contribution in [0.4, 0.5) is 4.39 Å². The molecule has 5 heteroatoms. The lowest BCUT2D eigenvalue weighted by molar-refractivity contribution is -0.662. The second-order valence-electron chi connectivity index (χ2n) is 9.96. The van der Waals surface area contributed by atoms with Gasteiger partial charge in [0.15, 0.2) is 5.82 Å². The summed E-state index contributed by atoms with van der Waals surface area (Å²) < 4.78 is 85.9. The van der Waals surface area contributed by atoms with Gasteiger partial charge in [-0.05, 0) is 54.3 Å². The molecule has 7 aromatic rings. The molecule has 4 nitrogen and oxygen atoms in total. The molecule has 0 N–H and O–H groups in total. The summed E-state index contributed by atoms with van der Waals surface area (Å²) in [6.45, 7) is -4.95. The Morgan fingerprint density at radius 3 is 2.52 bits per heavy atom. The largest absolute Gasteiger partial charge is 0.456 e. The zero-order chi connectivity index (χ0) is 33.6. The van der Waals surface area contributed by atoms with Crippen molar-refractivity contribution in [2.45, 2.75) is 26.5 Å². The van der Waals surface area contributed by atoms with Gasteiger partial charge >= 0.3 is 0 Å². The van der Waals surface area contributed by atoms with E-state index in [0.717, 1.165) is 34.2 Å². The van der Waals surface area contributed by atoms with Gasteiger partial charge in [-0.3, -0.25) is 0 Å². The van der Waals surface area contributed by atoms with Gasteiger partial charge in [0.25, 0.3) is 0 Å². The molecule has 0 saturated heterocycles. The number of furan rings is 2. The molecular formula is C35H26FN2O2+. The summed E-state index contributed by atoms with van der Waals surface area (Å²) in [5.74, 6) is -4.37. The second-order valence-corrected chi connectivity index (χ2v) is 9.96. The predicted molar refractivity (Wildman–Crippen MR) is 157 cm³/mol. The van der Waals surface area contributed by atoms with Gasteiger partial charge in [-0.1, -0.05) is 50.1 Å². The average molecular weight is 533 g/mol. The van der Waals surface area contributed by atoms with Crippen molar-refractivity contribution in [2.24, 2.45) is 7.05 Å². The molecule has 0 radical (unpaired) electrons. The quantitative estimate of drug-likeness (QED) is 0.213. The molecule has 3 heterocycles. The first kappa shape index (κ1) is 17.6. The first-order valence-electron chi connectivity index (χ1n) is 16.2. The van der Waals surface area contributed by atoms with Gasteiger partial charge in [-0.2, -0.15) is 9.83 Å². The number of benzene rings is 4. The molecule has 0 unspecified atom stereocenters. The predicted octanol–water partition coefficient (Wildman–Crippen LogP) is 9.09. The summed E-state index contributed by atoms with van der Waals surface area (Å²) in [7, 11) is 1.54. The standard InChI is InChI=1S/C35H26FN2O2/c1-19(2)26-16-30(38(4)18-29(26)36)33-20(3)9-11-25-28-14-21(17-37)13-27(34(28)40-35(25)33)22-10-12-24-23-7-5-6-8-31(23)39-32(24)15-22/h5-16,18-19H,1-4H3/q+1/i1D3,2D3,19D. The highest BCUT2D eigenvalue weighted by molar-refractivity contribution is 6.14. The molecule has 0 saturated carbocycles. The van der Waals surface area contributed by atoms with Crippen LogP contribution in [0, 0.1) is 24.1 Å². The van der Waals surface area contributed by atoms with E-state index in [4.69, 9.17) is 18.4 Å². The highest BCUT2D eigenvalue weighted by Gasteiger charge is 2.25. The number of aryl methyl sites for hydroxylation is 2. The Bertz CT molecular complexity index is 2450. The van der Waals surface area contributed by atoms with Crippen LogP contribution in [0.25, 0.3) is 66.3 Å². The normalized spacial score (nSPS) is 15.3. The Kier molecular flexibility index (Phi) is 3.87. The fraction of sp³-hybridized carbons (Fsp3) is 0.143. The van der Waals surface area contributed by atoms with Crippen LogP contribution in [0.3, 0.4) is 0 Å². The van der Waals surface area contributed by atoms with Crippen LogP contribution in [-0.4, -0.2) is 0 Å². The summed E-state index contributed by atoms with van der Waals surface area (Å²) >= 11 is 0. The van der Waals surface area contributed by atoms with Gasteiger partial charge in [0, 0.05) is 48.3 Å². The molecule has 0 aliphatic rings. The smallest absolute Gasteiger partial charge is 0.216 e. The Hall–Kier alpha value is -4.95. The highest BCUT2D eigenvalue weighted by atomic mass is 19.1. The van der Waals surface area contributed by atoms with Crippen LogP contribution in [0.2, 0.25) is 0 Å². The number of hydrogen-bond donors (Lipinski definition) is 0. The summed E-state index contributed by atoms with van der Waals surface area (Å²) in [6, 6.07) is 24.0. The fourth-order valence-electron chi connectivity index (χ4n) is 5.59. The molecule has 0 spiro atoms. The highest BCUT2D eigenvalue weighted by Crippen LogP contribution is 2.42. The molecule has 40 heavy (non-hydrogen) atoms. The minimum atomic E-state index is -3.37. The lowest BCUT2D eigenvalue weighted by Crippen LogP contribution is -2.32. The molecular weight excluding hydrogens is 499 g/mol. The van der Waals surface area contributed by atoms with Crippen molar-refractivity contribution >= 4 is 43.9 Å². The number of hydrogen-bond acceptors (Lipinski definition) is 3. The first-order valence-corrected chi connectivity index (χ1v) is 12.7. The molecule has 0 amide bonds. The lowest BCUT2D eigenvalue weighted by Gasteiger charge is -2.10. The molecule has 0 fully saturated rings. The van der Waals surface area contributed by atoms with Gasteiger partial charge in [0.05, 0.1) is 17.2 Å². The number of aromatic nitrogens is 1. The number of nitriles is 1. The molecule has 0 aliphatic carbocycles. The van der Waals surface area contributed by atoms with Crippen LogP contribution >= 0.6 is 0 Å². The first-order chi connectivity index (χ1) is 22.1. The Labute approximate surface area is 240 Å². The van der Waals surface area contributed by atoms with E-state index in [-0.39, 0.29) is 5.69 Å². The lowest BCUT2D eigenvalue weighted by atomic mass is 9.95. The van der Waals surface area contributed by atoms with E-state index in [2.05, 4.69) is 6.07 Å². The van der Waals surface area contributed by atoms with Gasteiger partial charge in [0.1, 0.15) is 29.4 Å². The maximum Gasteiger partial charge on any atom is 0.216 e. The molecule has 7 rings (SSSR count). The molecule has 0 bridgehead atoms. The molecule has 0 atom stereocenters. The number of rotatable bonds is 3. The number of pyridine rings is 1. The minimum absolute atomic E-state index is 0.249. The third-order valence-corrected chi connectivity index (χ3v) is 7.52. The van der Waals surface area contributed by atoms with Crippen molar-refractivity contribution < 1.29 is 27.4 Å². The van der Waals surface area contributed by atoms with Gasteiger partial charge in [-0.25, -0.2) is 4.39 Å².